The SMILES string of the molecule is CCOC(=O)C(=O)NCC1COC2(CCCC2)O1. The molecule has 0 aromatic carbocycles. The fourth-order valence-electron chi connectivity index (χ4n) is 2.37. The highest BCUT2D eigenvalue weighted by Gasteiger charge is 2.43. The smallest absolute Gasteiger partial charge is 0.396 e. The molecule has 102 valence electrons. The van der Waals surface area contributed by atoms with E-state index in [0.717, 1.165) is 25.7 Å². The van der Waals surface area contributed by atoms with E-state index in [2.05, 4.69) is 10.1 Å². The number of carbonyl (C=O) groups is 2. The van der Waals surface area contributed by atoms with Gasteiger partial charge in [0, 0.05) is 19.4 Å². The van der Waals surface area contributed by atoms with Crippen molar-refractivity contribution >= 4 is 11.9 Å². The van der Waals surface area contributed by atoms with Gasteiger partial charge in [-0.1, -0.05) is 0 Å². The van der Waals surface area contributed by atoms with Crippen LogP contribution in [0.3, 0.4) is 0 Å². The predicted molar refractivity (Wildman–Crippen MR) is 61.7 cm³/mol. The van der Waals surface area contributed by atoms with Gasteiger partial charge in [0.25, 0.3) is 0 Å². The number of esters is 1. The van der Waals surface area contributed by atoms with Crippen LogP contribution in [0.4, 0.5) is 0 Å². The summed E-state index contributed by atoms with van der Waals surface area (Å²) < 4.78 is 16.1. The minimum absolute atomic E-state index is 0.179. The molecular formula is C12H19NO5. The Labute approximate surface area is 106 Å². The number of ether oxygens (including phenoxy) is 3. The largest absolute Gasteiger partial charge is 0.459 e. The van der Waals surface area contributed by atoms with Gasteiger partial charge in [-0.2, -0.15) is 0 Å². The van der Waals surface area contributed by atoms with Crippen molar-refractivity contribution in [2.75, 3.05) is 19.8 Å². The summed E-state index contributed by atoms with van der Waals surface area (Å²) >= 11 is 0. The predicted octanol–water partition coefficient (Wildman–Crippen LogP) is 0.351. The molecule has 6 nitrogen and oxygen atoms in total. The van der Waals surface area contributed by atoms with Crippen molar-refractivity contribution in [1.29, 1.82) is 0 Å². The van der Waals surface area contributed by atoms with Crippen LogP contribution in [0.15, 0.2) is 0 Å². The quantitative estimate of drug-likeness (QED) is 0.583. The summed E-state index contributed by atoms with van der Waals surface area (Å²) in [5.41, 5.74) is 0. The first-order valence-corrected chi connectivity index (χ1v) is 6.42. The summed E-state index contributed by atoms with van der Waals surface area (Å²) in [5, 5.41) is 2.50. The molecule has 2 fully saturated rings. The minimum Gasteiger partial charge on any atom is -0.459 e. The van der Waals surface area contributed by atoms with E-state index in [-0.39, 0.29) is 19.3 Å². The first-order chi connectivity index (χ1) is 8.65. The van der Waals surface area contributed by atoms with E-state index in [9.17, 15) is 9.59 Å². The third-order valence-electron chi connectivity index (χ3n) is 3.23. The molecule has 1 saturated heterocycles. The zero-order chi connectivity index (χ0) is 13.0. The van der Waals surface area contributed by atoms with E-state index in [1.54, 1.807) is 6.92 Å². The van der Waals surface area contributed by atoms with E-state index in [1.807, 2.05) is 0 Å². The maximum Gasteiger partial charge on any atom is 0.396 e. The molecule has 0 radical (unpaired) electrons. The molecule has 1 unspecified atom stereocenters. The molecule has 1 atom stereocenters. The van der Waals surface area contributed by atoms with Gasteiger partial charge in [-0.15, -0.1) is 0 Å². The molecule has 1 aliphatic carbocycles. The van der Waals surface area contributed by atoms with Crippen LogP contribution in [-0.4, -0.2) is 43.5 Å². The second kappa shape index (κ2) is 5.67. The van der Waals surface area contributed by atoms with Gasteiger partial charge in [0.15, 0.2) is 5.79 Å². The maximum atomic E-state index is 11.3. The standard InChI is InChI=1S/C12H19NO5/c1-2-16-11(15)10(14)13-7-9-8-17-12(18-9)5-3-4-6-12/h9H,2-8H2,1H3,(H,13,14). The van der Waals surface area contributed by atoms with Gasteiger partial charge in [-0.25, -0.2) is 4.79 Å². The van der Waals surface area contributed by atoms with Crippen LogP contribution in [0.1, 0.15) is 32.6 Å². The third-order valence-corrected chi connectivity index (χ3v) is 3.23. The summed E-state index contributed by atoms with van der Waals surface area (Å²) in [6, 6.07) is 0. The van der Waals surface area contributed by atoms with Crippen LogP contribution in [-0.2, 0) is 23.8 Å². The molecule has 2 aliphatic rings. The normalized spacial score (nSPS) is 25.3. The van der Waals surface area contributed by atoms with E-state index < -0.39 is 17.7 Å². The summed E-state index contributed by atoms with van der Waals surface area (Å²) in [6.07, 6.45) is 3.87. The topological polar surface area (TPSA) is 73.9 Å². The number of carbonyl (C=O) groups excluding carboxylic acids is 2. The summed E-state index contributed by atoms with van der Waals surface area (Å²) in [4.78, 5) is 22.4. The first kappa shape index (κ1) is 13.3. The van der Waals surface area contributed by atoms with Gasteiger partial charge in [-0.05, 0) is 19.8 Å². The number of hydrogen-bond acceptors (Lipinski definition) is 5. The van der Waals surface area contributed by atoms with Crippen molar-refractivity contribution < 1.29 is 23.8 Å². The molecular weight excluding hydrogens is 238 g/mol. The zero-order valence-electron chi connectivity index (χ0n) is 10.6. The Balaban J connectivity index is 1.72. The zero-order valence-corrected chi connectivity index (χ0v) is 10.6. The van der Waals surface area contributed by atoms with E-state index in [4.69, 9.17) is 9.47 Å². The van der Waals surface area contributed by atoms with Crippen LogP contribution in [0.5, 0.6) is 0 Å². The van der Waals surface area contributed by atoms with Gasteiger partial charge in [-0.3, -0.25) is 4.79 Å². The first-order valence-electron chi connectivity index (χ1n) is 6.42. The number of hydrogen-bond donors (Lipinski definition) is 1. The molecule has 18 heavy (non-hydrogen) atoms. The average Bonchev–Trinajstić information content (AvgIpc) is 2.98. The lowest BCUT2D eigenvalue weighted by Gasteiger charge is -2.21. The highest BCUT2D eigenvalue weighted by atomic mass is 16.7. The lowest BCUT2D eigenvalue weighted by atomic mass is 10.2. The average molecular weight is 257 g/mol. The summed E-state index contributed by atoms with van der Waals surface area (Å²) in [6.45, 7) is 2.59. The van der Waals surface area contributed by atoms with Crippen molar-refractivity contribution in [3.8, 4) is 0 Å². The molecule has 2 rings (SSSR count). The molecule has 0 aromatic rings. The Morgan fingerprint density at radius 1 is 1.39 bits per heavy atom. The summed E-state index contributed by atoms with van der Waals surface area (Å²) in [5.74, 6) is -2.01. The van der Waals surface area contributed by atoms with Crippen molar-refractivity contribution in [3.63, 3.8) is 0 Å². The lowest BCUT2D eigenvalue weighted by molar-refractivity contribution is -0.162. The molecule has 6 heteroatoms. The third kappa shape index (κ3) is 3.00. The molecule has 1 N–H and O–H groups in total. The van der Waals surface area contributed by atoms with E-state index >= 15 is 0 Å². The minimum atomic E-state index is -0.855. The Kier molecular flexibility index (Phi) is 4.19. The van der Waals surface area contributed by atoms with Gasteiger partial charge >= 0.3 is 11.9 Å². The van der Waals surface area contributed by atoms with Crippen molar-refractivity contribution in [1.82, 2.24) is 5.32 Å². The number of rotatable bonds is 3. The van der Waals surface area contributed by atoms with E-state index in [0.29, 0.717) is 6.61 Å². The second-order valence-electron chi connectivity index (χ2n) is 4.60. The number of amides is 1. The monoisotopic (exact) mass is 257 g/mol. The van der Waals surface area contributed by atoms with Crippen LogP contribution in [0, 0.1) is 0 Å². The molecule has 1 amide bonds. The Morgan fingerprint density at radius 3 is 2.78 bits per heavy atom. The van der Waals surface area contributed by atoms with Gasteiger partial charge in [0.1, 0.15) is 6.10 Å². The van der Waals surface area contributed by atoms with Crippen molar-refractivity contribution in [3.05, 3.63) is 0 Å². The van der Waals surface area contributed by atoms with Gasteiger partial charge in [0.2, 0.25) is 0 Å². The Hall–Kier alpha value is -1.14. The van der Waals surface area contributed by atoms with Crippen LogP contribution in [0.2, 0.25) is 0 Å². The Bertz CT molecular complexity index is 324. The van der Waals surface area contributed by atoms with Gasteiger partial charge < -0.3 is 19.5 Å². The molecule has 0 aromatic heterocycles. The fourth-order valence-corrected chi connectivity index (χ4v) is 2.37. The van der Waals surface area contributed by atoms with Crippen molar-refractivity contribution in [2.24, 2.45) is 0 Å². The Morgan fingerprint density at radius 2 is 2.11 bits per heavy atom. The fraction of sp³-hybridized carbons (Fsp3) is 0.833. The molecule has 0 bridgehead atoms. The number of nitrogens with one attached hydrogen (secondary N) is 1. The molecule has 1 heterocycles. The molecule has 1 aliphatic heterocycles. The van der Waals surface area contributed by atoms with Gasteiger partial charge in [0.05, 0.1) is 13.2 Å². The molecule has 1 spiro atoms. The van der Waals surface area contributed by atoms with Crippen LogP contribution < -0.4 is 5.32 Å². The second-order valence-corrected chi connectivity index (χ2v) is 4.60. The highest BCUT2D eigenvalue weighted by Crippen LogP contribution is 2.38. The summed E-state index contributed by atoms with van der Waals surface area (Å²) in [7, 11) is 0. The van der Waals surface area contributed by atoms with Crippen LogP contribution >= 0.6 is 0 Å². The highest BCUT2D eigenvalue weighted by molar-refractivity contribution is 6.32. The van der Waals surface area contributed by atoms with Crippen molar-refractivity contribution in [2.45, 2.75) is 44.5 Å². The lowest BCUT2D eigenvalue weighted by Crippen LogP contribution is -2.39. The van der Waals surface area contributed by atoms with Crippen LogP contribution in [0.25, 0.3) is 0 Å². The van der Waals surface area contributed by atoms with E-state index in [1.165, 1.54) is 0 Å². The maximum absolute atomic E-state index is 11.3. The molecule has 1 saturated carbocycles.